The van der Waals surface area contributed by atoms with Gasteiger partial charge in [-0.1, -0.05) is 30.3 Å². The van der Waals surface area contributed by atoms with Gasteiger partial charge in [0.05, 0.1) is 30.5 Å². The van der Waals surface area contributed by atoms with Crippen molar-refractivity contribution in [2.75, 3.05) is 13.7 Å². The zero-order valence-electron chi connectivity index (χ0n) is 12.8. The van der Waals surface area contributed by atoms with Crippen LogP contribution in [0.4, 0.5) is 0 Å². The van der Waals surface area contributed by atoms with Gasteiger partial charge in [-0.05, 0) is 18.9 Å². The number of carbonyl (C=O) groups is 1. The van der Waals surface area contributed by atoms with Gasteiger partial charge < -0.3 is 9.64 Å². The number of hydrogen-bond acceptors (Lipinski definition) is 3. The number of nitrogens with zero attached hydrogens (tertiary/aromatic N) is 2. The van der Waals surface area contributed by atoms with Crippen LogP contribution < -0.4 is 0 Å². The first-order valence-electron chi connectivity index (χ1n) is 7.67. The van der Waals surface area contributed by atoms with E-state index < -0.39 is 0 Å². The molecule has 1 aromatic heterocycles. The molecule has 0 bridgehead atoms. The Bertz CT molecular complexity index is 618. The quantitative estimate of drug-likeness (QED) is 0.923. The van der Waals surface area contributed by atoms with Gasteiger partial charge in [0.2, 0.25) is 5.91 Å². The third kappa shape index (κ3) is 3.54. The zero-order valence-corrected chi connectivity index (χ0v) is 12.8. The molecule has 0 spiro atoms. The number of hydrogen-bond donors (Lipinski definition) is 1. The summed E-state index contributed by atoms with van der Waals surface area (Å²) in [7, 11) is 1.82. The Hall–Kier alpha value is -2.14. The highest BCUT2D eigenvalue weighted by atomic mass is 16.5. The van der Waals surface area contributed by atoms with E-state index in [2.05, 4.69) is 10.2 Å². The van der Waals surface area contributed by atoms with Gasteiger partial charge in [-0.2, -0.15) is 5.10 Å². The van der Waals surface area contributed by atoms with Crippen LogP contribution in [0.2, 0.25) is 0 Å². The van der Waals surface area contributed by atoms with Crippen molar-refractivity contribution in [3.63, 3.8) is 0 Å². The molecule has 1 saturated heterocycles. The molecule has 1 aliphatic rings. The van der Waals surface area contributed by atoms with Crippen LogP contribution in [-0.2, 0) is 16.1 Å². The lowest BCUT2D eigenvalue weighted by molar-refractivity contribution is -0.132. The second-order valence-electron chi connectivity index (χ2n) is 5.73. The molecule has 22 heavy (non-hydrogen) atoms. The number of aromatic nitrogens is 2. The SMILES string of the molecule is CN(Cc1cc(-c2ccccc2)n[nH]1)C(=O)CC1CCCO1. The summed E-state index contributed by atoms with van der Waals surface area (Å²) in [5.41, 5.74) is 2.90. The van der Waals surface area contributed by atoms with Crippen LogP contribution in [0.15, 0.2) is 36.4 Å². The fourth-order valence-electron chi connectivity index (χ4n) is 2.70. The van der Waals surface area contributed by atoms with Gasteiger partial charge in [-0.15, -0.1) is 0 Å². The molecule has 5 heteroatoms. The van der Waals surface area contributed by atoms with E-state index in [1.54, 1.807) is 4.90 Å². The van der Waals surface area contributed by atoms with E-state index in [-0.39, 0.29) is 12.0 Å². The molecule has 0 aliphatic carbocycles. The molecule has 2 aromatic rings. The Morgan fingerprint density at radius 3 is 2.95 bits per heavy atom. The minimum absolute atomic E-state index is 0.0941. The zero-order chi connectivity index (χ0) is 15.4. The minimum atomic E-state index is 0.0941. The van der Waals surface area contributed by atoms with Crippen molar-refractivity contribution in [1.82, 2.24) is 15.1 Å². The Kier molecular flexibility index (Phi) is 4.53. The maximum Gasteiger partial charge on any atom is 0.225 e. The predicted octanol–water partition coefficient (Wildman–Crippen LogP) is 2.60. The van der Waals surface area contributed by atoms with Crippen LogP contribution in [0.25, 0.3) is 11.3 Å². The van der Waals surface area contributed by atoms with Crippen molar-refractivity contribution < 1.29 is 9.53 Å². The third-order valence-corrected chi connectivity index (χ3v) is 3.96. The van der Waals surface area contributed by atoms with Gasteiger partial charge in [0, 0.05) is 19.2 Å². The first-order chi connectivity index (χ1) is 10.7. The van der Waals surface area contributed by atoms with Crippen LogP contribution in [0.5, 0.6) is 0 Å². The van der Waals surface area contributed by atoms with Gasteiger partial charge in [-0.3, -0.25) is 9.89 Å². The lowest BCUT2D eigenvalue weighted by Gasteiger charge is -2.18. The van der Waals surface area contributed by atoms with E-state index in [4.69, 9.17) is 4.74 Å². The lowest BCUT2D eigenvalue weighted by atomic mass is 10.1. The van der Waals surface area contributed by atoms with E-state index >= 15 is 0 Å². The Balaban J connectivity index is 1.58. The molecule has 5 nitrogen and oxygen atoms in total. The molecule has 1 amide bonds. The summed E-state index contributed by atoms with van der Waals surface area (Å²) in [6.45, 7) is 1.31. The summed E-state index contributed by atoms with van der Waals surface area (Å²) >= 11 is 0. The number of carbonyl (C=O) groups excluding carboxylic acids is 1. The van der Waals surface area contributed by atoms with Crippen molar-refractivity contribution in [2.24, 2.45) is 0 Å². The Morgan fingerprint density at radius 2 is 2.23 bits per heavy atom. The first-order valence-corrected chi connectivity index (χ1v) is 7.67. The summed E-state index contributed by atoms with van der Waals surface area (Å²) in [5.74, 6) is 0.114. The smallest absolute Gasteiger partial charge is 0.225 e. The average molecular weight is 299 g/mol. The Morgan fingerprint density at radius 1 is 1.41 bits per heavy atom. The highest BCUT2D eigenvalue weighted by molar-refractivity contribution is 5.76. The summed E-state index contributed by atoms with van der Waals surface area (Å²) in [6, 6.07) is 12.0. The fourth-order valence-corrected chi connectivity index (χ4v) is 2.70. The van der Waals surface area contributed by atoms with E-state index in [1.807, 2.05) is 43.4 Å². The largest absolute Gasteiger partial charge is 0.378 e. The second kappa shape index (κ2) is 6.75. The highest BCUT2D eigenvalue weighted by Crippen LogP contribution is 2.19. The molecule has 116 valence electrons. The number of nitrogens with one attached hydrogen (secondary N) is 1. The van der Waals surface area contributed by atoms with Gasteiger partial charge in [0.1, 0.15) is 0 Å². The lowest BCUT2D eigenvalue weighted by Crippen LogP contribution is -2.29. The topological polar surface area (TPSA) is 58.2 Å². The maximum absolute atomic E-state index is 12.2. The fraction of sp³-hybridized carbons (Fsp3) is 0.412. The van der Waals surface area contributed by atoms with Crippen molar-refractivity contribution in [1.29, 1.82) is 0 Å². The predicted molar refractivity (Wildman–Crippen MR) is 84.1 cm³/mol. The number of benzene rings is 1. The Labute approximate surface area is 130 Å². The molecule has 1 fully saturated rings. The third-order valence-electron chi connectivity index (χ3n) is 3.96. The van der Waals surface area contributed by atoms with E-state index in [0.29, 0.717) is 13.0 Å². The summed E-state index contributed by atoms with van der Waals surface area (Å²) in [5, 5.41) is 7.32. The van der Waals surface area contributed by atoms with Gasteiger partial charge >= 0.3 is 0 Å². The summed E-state index contributed by atoms with van der Waals surface area (Å²) in [4.78, 5) is 13.9. The maximum atomic E-state index is 12.2. The van der Waals surface area contributed by atoms with E-state index in [9.17, 15) is 4.79 Å². The van der Waals surface area contributed by atoms with Crippen LogP contribution in [0.1, 0.15) is 25.0 Å². The van der Waals surface area contributed by atoms with Crippen LogP contribution in [0.3, 0.4) is 0 Å². The van der Waals surface area contributed by atoms with Crippen molar-refractivity contribution in [2.45, 2.75) is 31.9 Å². The molecule has 0 radical (unpaired) electrons. The van der Waals surface area contributed by atoms with Crippen molar-refractivity contribution in [3.8, 4) is 11.3 Å². The summed E-state index contributed by atoms with van der Waals surface area (Å²) < 4.78 is 5.52. The van der Waals surface area contributed by atoms with E-state index in [0.717, 1.165) is 36.4 Å². The molecular formula is C17H21N3O2. The van der Waals surface area contributed by atoms with E-state index in [1.165, 1.54) is 0 Å². The van der Waals surface area contributed by atoms with Gasteiger partial charge in [0.25, 0.3) is 0 Å². The number of amides is 1. The summed E-state index contributed by atoms with van der Waals surface area (Å²) in [6.07, 6.45) is 2.61. The van der Waals surface area contributed by atoms with Gasteiger partial charge in [-0.25, -0.2) is 0 Å². The molecule has 1 N–H and O–H groups in total. The normalized spacial score (nSPS) is 17.6. The number of H-pyrrole nitrogens is 1. The van der Waals surface area contributed by atoms with Crippen molar-refractivity contribution in [3.05, 3.63) is 42.1 Å². The number of rotatable bonds is 5. The molecular weight excluding hydrogens is 278 g/mol. The second-order valence-corrected chi connectivity index (χ2v) is 5.73. The molecule has 0 saturated carbocycles. The standard InChI is InChI=1S/C17H21N3O2/c1-20(17(21)11-15-8-5-9-22-15)12-14-10-16(19-18-14)13-6-3-2-4-7-13/h2-4,6-7,10,15H,5,8-9,11-12H2,1H3,(H,18,19). The number of aromatic amines is 1. The molecule has 1 atom stereocenters. The van der Waals surface area contributed by atoms with Gasteiger partial charge in [0.15, 0.2) is 0 Å². The molecule has 2 heterocycles. The average Bonchev–Trinajstić information content (AvgIpc) is 3.20. The molecule has 1 aromatic carbocycles. The molecule has 3 rings (SSSR count). The number of ether oxygens (including phenoxy) is 1. The van der Waals surface area contributed by atoms with Crippen molar-refractivity contribution >= 4 is 5.91 Å². The molecule has 1 aliphatic heterocycles. The highest BCUT2D eigenvalue weighted by Gasteiger charge is 2.21. The monoisotopic (exact) mass is 299 g/mol. The first kappa shape index (κ1) is 14.8. The van der Waals surface area contributed by atoms with Crippen LogP contribution in [-0.4, -0.2) is 40.8 Å². The van der Waals surface area contributed by atoms with Crippen LogP contribution in [0, 0.1) is 0 Å². The van der Waals surface area contributed by atoms with Crippen LogP contribution >= 0.6 is 0 Å². The minimum Gasteiger partial charge on any atom is -0.378 e. The molecule has 1 unspecified atom stereocenters.